The molecule has 1 N–H and O–H groups in total. The van der Waals surface area contributed by atoms with Crippen LogP contribution in [-0.4, -0.2) is 54.4 Å². The maximum atomic E-state index is 13.3. The molecule has 6 heteroatoms. The van der Waals surface area contributed by atoms with Crippen molar-refractivity contribution >= 4 is 5.91 Å². The van der Waals surface area contributed by atoms with Gasteiger partial charge in [0, 0.05) is 32.2 Å². The van der Waals surface area contributed by atoms with Crippen molar-refractivity contribution in [2.45, 2.75) is 50.4 Å². The minimum Gasteiger partial charge on any atom is -0.488 e. The molecule has 1 amide bonds. The highest BCUT2D eigenvalue weighted by molar-refractivity contribution is 5.79. The van der Waals surface area contributed by atoms with Crippen LogP contribution in [0.5, 0.6) is 5.75 Å². The second-order valence-corrected chi connectivity index (χ2v) is 6.94. The van der Waals surface area contributed by atoms with E-state index in [9.17, 15) is 14.3 Å². The number of aliphatic hydroxyl groups is 1. The number of hydrogen-bond acceptors (Lipinski definition) is 4. The van der Waals surface area contributed by atoms with E-state index in [0.717, 1.165) is 25.7 Å². The summed E-state index contributed by atoms with van der Waals surface area (Å²) in [7, 11) is 1.76. The van der Waals surface area contributed by atoms with Crippen LogP contribution in [0, 0.1) is 11.7 Å². The van der Waals surface area contributed by atoms with Gasteiger partial charge < -0.3 is 19.5 Å². The molecule has 0 radical (unpaired) electrons. The van der Waals surface area contributed by atoms with Crippen molar-refractivity contribution in [3.05, 3.63) is 30.1 Å². The van der Waals surface area contributed by atoms with Gasteiger partial charge in [-0.15, -0.1) is 0 Å². The predicted octanol–water partition coefficient (Wildman–Crippen LogP) is 2.37. The summed E-state index contributed by atoms with van der Waals surface area (Å²) in [6, 6.07) is 5.65. The first-order valence-electron chi connectivity index (χ1n) is 9.01. The second kappa shape index (κ2) is 8.15. The molecule has 0 unspecified atom stereocenters. The van der Waals surface area contributed by atoms with Crippen LogP contribution in [-0.2, 0) is 9.53 Å². The van der Waals surface area contributed by atoms with Crippen molar-refractivity contribution < 1.29 is 23.8 Å². The van der Waals surface area contributed by atoms with E-state index in [1.54, 1.807) is 24.1 Å². The lowest BCUT2D eigenvalue weighted by atomic mass is 9.87. The van der Waals surface area contributed by atoms with Crippen LogP contribution in [0.3, 0.4) is 0 Å². The van der Waals surface area contributed by atoms with Gasteiger partial charge in [0.1, 0.15) is 23.8 Å². The average molecular weight is 351 g/mol. The normalized spacial score (nSPS) is 27.7. The molecule has 25 heavy (non-hydrogen) atoms. The molecule has 1 saturated carbocycles. The van der Waals surface area contributed by atoms with E-state index in [1.165, 1.54) is 12.1 Å². The topological polar surface area (TPSA) is 59.0 Å². The Hall–Kier alpha value is -1.66. The van der Waals surface area contributed by atoms with Gasteiger partial charge in [-0.25, -0.2) is 4.39 Å². The maximum Gasteiger partial charge on any atom is 0.225 e. The molecule has 3 atom stereocenters. The van der Waals surface area contributed by atoms with Gasteiger partial charge in [0.25, 0.3) is 0 Å². The zero-order chi connectivity index (χ0) is 17.8. The minimum absolute atomic E-state index is 0.0320. The van der Waals surface area contributed by atoms with E-state index >= 15 is 0 Å². The Morgan fingerprint density at radius 3 is 2.76 bits per heavy atom. The number of hydrogen-bond donors (Lipinski definition) is 1. The average Bonchev–Trinajstić information content (AvgIpc) is 2.63. The van der Waals surface area contributed by atoms with E-state index in [2.05, 4.69) is 0 Å². The number of aliphatic hydroxyl groups excluding tert-OH is 1. The molecule has 0 aromatic heterocycles. The van der Waals surface area contributed by atoms with E-state index < -0.39 is 12.2 Å². The fourth-order valence-electron chi connectivity index (χ4n) is 3.78. The molecule has 1 aliphatic carbocycles. The molecule has 5 nitrogen and oxygen atoms in total. The number of ether oxygens (including phenoxy) is 2. The van der Waals surface area contributed by atoms with Crippen LogP contribution in [0.15, 0.2) is 24.3 Å². The molecule has 1 aromatic rings. The molecule has 2 fully saturated rings. The summed E-state index contributed by atoms with van der Waals surface area (Å²) < 4.78 is 24.5. The Balaban J connectivity index is 1.64. The van der Waals surface area contributed by atoms with Gasteiger partial charge in [0.05, 0.1) is 6.04 Å². The van der Waals surface area contributed by atoms with Gasteiger partial charge in [-0.3, -0.25) is 4.79 Å². The van der Waals surface area contributed by atoms with E-state index in [-0.39, 0.29) is 23.7 Å². The molecule has 0 bridgehead atoms. The number of carbonyl (C=O) groups excluding carboxylic acids is 1. The fraction of sp³-hybridized carbons (Fsp3) is 0.632. The van der Waals surface area contributed by atoms with E-state index in [1.807, 2.05) is 0 Å². The Kier molecular flexibility index (Phi) is 5.91. The quantitative estimate of drug-likeness (QED) is 0.905. The summed E-state index contributed by atoms with van der Waals surface area (Å²) in [5.41, 5.74) is 0. The lowest BCUT2D eigenvalue weighted by molar-refractivity contribution is -0.145. The van der Waals surface area contributed by atoms with Crippen LogP contribution in [0.25, 0.3) is 0 Å². The zero-order valence-electron chi connectivity index (χ0n) is 14.6. The Labute approximate surface area is 147 Å². The van der Waals surface area contributed by atoms with E-state index in [0.29, 0.717) is 25.4 Å². The molecule has 1 heterocycles. The van der Waals surface area contributed by atoms with Crippen LogP contribution in [0.1, 0.15) is 32.1 Å². The summed E-state index contributed by atoms with van der Waals surface area (Å²) in [6.07, 6.45) is 2.52. The van der Waals surface area contributed by atoms with Crippen molar-refractivity contribution in [1.82, 2.24) is 4.90 Å². The Morgan fingerprint density at radius 2 is 2.04 bits per heavy atom. The number of rotatable bonds is 4. The van der Waals surface area contributed by atoms with Crippen LogP contribution in [0.4, 0.5) is 4.39 Å². The molecule has 3 rings (SSSR count). The Morgan fingerprint density at radius 1 is 1.28 bits per heavy atom. The van der Waals surface area contributed by atoms with Gasteiger partial charge in [-0.05, 0) is 44.2 Å². The smallest absolute Gasteiger partial charge is 0.225 e. The zero-order valence-corrected chi connectivity index (χ0v) is 14.6. The standard InChI is InChI=1S/C19H26FNO4/c1-21(19(23)13-8-10-24-11-9-13)16-6-3-7-17(18(16)22)25-15-5-2-4-14(20)12-15/h2,4-5,12-13,16-18,22H,3,6-11H2,1H3/t16-,17+,18+/m1/s1. The number of carbonyl (C=O) groups is 1. The van der Waals surface area contributed by atoms with Crippen LogP contribution >= 0.6 is 0 Å². The first kappa shape index (κ1) is 18.1. The lowest BCUT2D eigenvalue weighted by Gasteiger charge is -2.41. The number of amides is 1. The van der Waals surface area contributed by atoms with Gasteiger partial charge >= 0.3 is 0 Å². The van der Waals surface area contributed by atoms with Crippen molar-refractivity contribution in [1.29, 1.82) is 0 Å². The summed E-state index contributed by atoms with van der Waals surface area (Å²) in [5, 5.41) is 10.7. The highest BCUT2D eigenvalue weighted by atomic mass is 19.1. The highest BCUT2D eigenvalue weighted by Gasteiger charge is 2.39. The summed E-state index contributed by atoms with van der Waals surface area (Å²) in [4.78, 5) is 14.4. The molecule has 138 valence electrons. The first-order chi connectivity index (χ1) is 12.1. The Bertz CT molecular complexity index is 591. The van der Waals surface area contributed by atoms with Crippen LogP contribution in [0.2, 0.25) is 0 Å². The third-order valence-corrected chi connectivity index (χ3v) is 5.26. The van der Waals surface area contributed by atoms with Gasteiger partial charge in [-0.2, -0.15) is 0 Å². The van der Waals surface area contributed by atoms with E-state index in [4.69, 9.17) is 9.47 Å². The first-order valence-corrected chi connectivity index (χ1v) is 9.01. The molecule has 2 aliphatic rings. The van der Waals surface area contributed by atoms with Gasteiger partial charge in [0.2, 0.25) is 5.91 Å². The number of likely N-dealkylation sites (N-methyl/N-ethyl adjacent to an activating group) is 1. The molecule has 1 aliphatic heterocycles. The molecular weight excluding hydrogens is 325 g/mol. The summed E-state index contributed by atoms with van der Waals surface area (Å²) >= 11 is 0. The molecular formula is C19H26FNO4. The molecule has 1 aromatic carbocycles. The largest absolute Gasteiger partial charge is 0.488 e. The summed E-state index contributed by atoms with van der Waals surface area (Å²) in [5.74, 6) is 0.0727. The SMILES string of the molecule is CN(C(=O)C1CCOCC1)[C@@H]1CCC[C@H](Oc2cccc(F)c2)[C@H]1O. The third-order valence-electron chi connectivity index (χ3n) is 5.26. The van der Waals surface area contributed by atoms with Crippen molar-refractivity contribution in [3.8, 4) is 5.75 Å². The number of halogens is 1. The van der Waals surface area contributed by atoms with Gasteiger partial charge in [0.15, 0.2) is 0 Å². The van der Waals surface area contributed by atoms with Crippen molar-refractivity contribution in [2.75, 3.05) is 20.3 Å². The molecule has 0 spiro atoms. The van der Waals surface area contributed by atoms with Crippen molar-refractivity contribution in [2.24, 2.45) is 5.92 Å². The van der Waals surface area contributed by atoms with Crippen molar-refractivity contribution in [3.63, 3.8) is 0 Å². The maximum absolute atomic E-state index is 13.3. The monoisotopic (exact) mass is 351 g/mol. The number of benzene rings is 1. The third kappa shape index (κ3) is 4.30. The van der Waals surface area contributed by atoms with Gasteiger partial charge in [-0.1, -0.05) is 6.07 Å². The fourth-order valence-corrected chi connectivity index (χ4v) is 3.78. The molecule has 1 saturated heterocycles. The highest BCUT2D eigenvalue weighted by Crippen LogP contribution is 2.29. The predicted molar refractivity (Wildman–Crippen MR) is 90.8 cm³/mol. The minimum atomic E-state index is -0.786. The number of nitrogens with zero attached hydrogens (tertiary/aromatic N) is 1. The van der Waals surface area contributed by atoms with Crippen LogP contribution < -0.4 is 4.74 Å². The second-order valence-electron chi connectivity index (χ2n) is 6.94. The summed E-state index contributed by atoms with van der Waals surface area (Å²) in [6.45, 7) is 1.23. The lowest BCUT2D eigenvalue weighted by Crippen LogP contribution is -2.54.